The fourth-order valence-corrected chi connectivity index (χ4v) is 5.30. The van der Waals surface area contributed by atoms with Crippen molar-refractivity contribution in [2.75, 3.05) is 74.5 Å². The lowest BCUT2D eigenvalue weighted by atomic mass is 10.2. The van der Waals surface area contributed by atoms with Crippen molar-refractivity contribution in [3.63, 3.8) is 0 Å². The molecule has 1 aromatic heterocycles. The number of urea groups is 1. The minimum atomic E-state index is -0.417. The number of halogens is 1. The highest BCUT2D eigenvalue weighted by Crippen LogP contribution is 2.24. The van der Waals surface area contributed by atoms with Gasteiger partial charge in [0.15, 0.2) is 5.16 Å². The van der Waals surface area contributed by atoms with Gasteiger partial charge in [0.1, 0.15) is 11.0 Å². The van der Waals surface area contributed by atoms with Gasteiger partial charge in [0.25, 0.3) is 5.69 Å². The van der Waals surface area contributed by atoms with Gasteiger partial charge >= 0.3 is 6.03 Å². The van der Waals surface area contributed by atoms with E-state index in [2.05, 4.69) is 25.1 Å². The Morgan fingerprint density at radius 1 is 1.00 bits per heavy atom. The molecule has 3 amide bonds. The highest BCUT2D eigenvalue weighted by Gasteiger charge is 2.24. The van der Waals surface area contributed by atoms with E-state index in [9.17, 15) is 19.7 Å². The number of nitro benzene ring substituents is 1. The number of carbonyl (C=O) groups is 2. The maximum atomic E-state index is 12.8. The van der Waals surface area contributed by atoms with Gasteiger partial charge in [-0.3, -0.25) is 14.9 Å². The predicted molar refractivity (Wildman–Crippen MR) is 147 cm³/mol. The normalized spacial score (nSPS) is 15.9. The van der Waals surface area contributed by atoms with Crippen LogP contribution in [0.5, 0.6) is 0 Å². The van der Waals surface area contributed by atoms with Crippen LogP contribution >= 0.6 is 23.4 Å². The zero-order valence-corrected chi connectivity index (χ0v) is 22.8. The van der Waals surface area contributed by atoms with E-state index in [1.807, 2.05) is 11.8 Å². The Bertz CT molecular complexity index is 1140. The van der Waals surface area contributed by atoms with Crippen LogP contribution in [0.15, 0.2) is 35.5 Å². The van der Waals surface area contributed by atoms with Crippen molar-refractivity contribution in [3.8, 4) is 0 Å². The lowest BCUT2D eigenvalue weighted by Gasteiger charge is -2.36. The number of rotatable bonds is 8. The number of carbonyl (C=O) groups excluding carboxylic acids is 2. The molecule has 14 heteroatoms. The van der Waals surface area contributed by atoms with Crippen LogP contribution in [0.2, 0.25) is 5.15 Å². The number of piperazine rings is 2. The molecule has 2 fully saturated rings. The van der Waals surface area contributed by atoms with Gasteiger partial charge in [-0.15, -0.1) is 0 Å². The van der Waals surface area contributed by atoms with Gasteiger partial charge in [0.05, 0.1) is 10.7 Å². The third-order valence-electron chi connectivity index (χ3n) is 6.46. The van der Waals surface area contributed by atoms with Crippen molar-refractivity contribution in [3.05, 3.63) is 45.6 Å². The zero-order valence-electron chi connectivity index (χ0n) is 21.2. The van der Waals surface area contributed by atoms with Gasteiger partial charge in [-0.25, -0.2) is 14.8 Å². The quantitative estimate of drug-likeness (QED) is 0.170. The molecule has 0 aliphatic carbocycles. The standard InChI is InChI=1S/C24H31ClN8O4S/c1-2-7-26-24(35)32-14-10-30(11-15-32)21-16-20(25)27-23(28-21)38-17-22(34)31-12-8-29(9-13-31)18-3-5-19(6-4-18)33(36)37/h3-6,16H,2,7-15,17H2,1H3,(H,26,35). The van der Waals surface area contributed by atoms with Crippen LogP contribution in [-0.2, 0) is 4.79 Å². The number of anilines is 2. The van der Waals surface area contributed by atoms with Crippen LogP contribution in [-0.4, -0.2) is 101 Å². The molecule has 0 unspecified atom stereocenters. The average molecular weight is 563 g/mol. The minimum Gasteiger partial charge on any atom is -0.368 e. The van der Waals surface area contributed by atoms with E-state index >= 15 is 0 Å². The molecule has 2 aromatic rings. The van der Waals surface area contributed by atoms with Gasteiger partial charge in [-0.2, -0.15) is 0 Å². The van der Waals surface area contributed by atoms with Crippen molar-refractivity contribution in [2.45, 2.75) is 18.5 Å². The van der Waals surface area contributed by atoms with E-state index in [1.165, 1.54) is 23.9 Å². The Balaban J connectivity index is 1.26. The molecule has 2 saturated heterocycles. The van der Waals surface area contributed by atoms with E-state index in [-0.39, 0.29) is 23.4 Å². The van der Waals surface area contributed by atoms with Gasteiger partial charge in [0, 0.05) is 82.8 Å². The first-order chi connectivity index (χ1) is 18.3. The third kappa shape index (κ3) is 7.16. The molecule has 2 aliphatic heterocycles. The first-order valence-corrected chi connectivity index (χ1v) is 13.9. The lowest BCUT2D eigenvalue weighted by Crippen LogP contribution is -2.52. The number of hydrogen-bond donors (Lipinski definition) is 1. The molecule has 1 aromatic carbocycles. The van der Waals surface area contributed by atoms with Gasteiger partial charge < -0.3 is 24.9 Å². The second-order valence-corrected chi connectivity index (χ2v) is 10.3. The van der Waals surface area contributed by atoms with Crippen molar-refractivity contribution in [2.24, 2.45) is 0 Å². The SMILES string of the molecule is CCCNC(=O)N1CCN(c2cc(Cl)nc(SCC(=O)N3CCN(c4ccc([N+](=O)[O-])cc4)CC3)n2)CC1. The van der Waals surface area contributed by atoms with E-state index in [4.69, 9.17) is 11.6 Å². The van der Waals surface area contributed by atoms with Gasteiger partial charge in [-0.05, 0) is 18.6 Å². The van der Waals surface area contributed by atoms with Crippen molar-refractivity contribution >= 4 is 52.5 Å². The van der Waals surface area contributed by atoms with E-state index in [0.717, 1.165) is 12.1 Å². The largest absolute Gasteiger partial charge is 0.368 e. The molecule has 38 heavy (non-hydrogen) atoms. The first-order valence-electron chi connectivity index (χ1n) is 12.6. The molecule has 2 aliphatic rings. The Morgan fingerprint density at radius 2 is 1.63 bits per heavy atom. The summed E-state index contributed by atoms with van der Waals surface area (Å²) < 4.78 is 0. The summed E-state index contributed by atoms with van der Waals surface area (Å²) in [4.78, 5) is 52.2. The predicted octanol–water partition coefficient (Wildman–Crippen LogP) is 2.72. The smallest absolute Gasteiger partial charge is 0.317 e. The fourth-order valence-electron chi connectivity index (χ4n) is 4.31. The molecule has 4 rings (SSSR count). The molecule has 0 spiro atoms. The molecule has 204 valence electrons. The Morgan fingerprint density at radius 3 is 2.26 bits per heavy atom. The summed E-state index contributed by atoms with van der Waals surface area (Å²) in [5, 5.41) is 14.5. The molecule has 3 heterocycles. The van der Waals surface area contributed by atoms with Crippen LogP contribution in [0.25, 0.3) is 0 Å². The van der Waals surface area contributed by atoms with Gasteiger partial charge in [-0.1, -0.05) is 30.3 Å². The van der Waals surface area contributed by atoms with Crippen LogP contribution in [0, 0.1) is 10.1 Å². The molecule has 0 bridgehead atoms. The summed E-state index contributed by atoms with van der Waals surface area (Å²) in [6.07, 6.45) is 0.895. The first kappa shape index (κ1) is 27.7. The minimum absolute atomic E-state index is 0.00446. The summed E-state index contributed by atoms with van der Waals surface area (Å²) >= 11 is 7.52. The maximum absolute atomic E-state index is 12.8. The van der Waals surface area contributed by atoms with Crippen LogP contribution in [0.3, 0.4) is 0 Å². The maximum Gasteiger partial charge on any atom is 0.317 e. The second kappa shape index (κ2) is 13.0. The number of nitrogens with one attached hydrogen (secondary N) is 1. The summed E-state index contributed by atoms with van der Waals surface area (Å²) in [5.74, 6) is 0.878. The van der Waals surface area contributed by atoms with Crippen LogP contribution in [0.4, 0.5) is 22.0 Å². The number of thioether (sulfide) groups is 1. The van der Waals surface area contributed by atoms with Crippen molar-refractivity contribution in [1.82, 2.24) is 25.1 Å². The topological polar surface area (TPSA) is 128 Å². The van der Waals surface area contributed by atoms with E-state index in [1.54, 1.807) is 23.1 Å². The Labute approximate surface area is 230 Å². The summed E-state index contributed by atoms with van der Waals surface area (Å²) in [7, 11) is 0. The number of hydrogen-bond acceptors (Lipinski definition) is 9. The van der Waals surface area contributed by atoms with E-state index < -0.39 is 4.92 Å². The third-order valence-corrected chi connectivity index (χ3v) is 7.49. The Hall–Kier alpha value is -3.32. The van der Waals surface area contributed by atoms with Crippen molar-refractivity contribution in [1.29, 1.82) is 0 Å². The number of non-ortho nitro benzene ring substituents is 1. The highest BCUT2D eigenvalue weighted by atomic mass is 35.5. The highest BCUT2D eigenvalue weighted by molar-refractivity contribution is 7.99. The summed E-state index contributed by atoms with van der Waals surface area (Å²) in [5.41, 5.74) is 0.961. The van der Waals surface area contributed by atoms with Crippen molar-refractivity contribution < 1.29 is 14.5 Å². The molecule has 1 N–H and O–H groups in total. The van der Waals surface area contributed by atoms with Gasteiger partial charge in [0.2, 0.25) is 5.91 Å². The molecular weight excluding hydrogens is 532 g/mol. The van der Waals surface area contributed by atoms with E-state index in [0.29, 0.717) is 75.0 Å². The molecule has 12 nitrogen and oxygen atoms in total. The fraction of sp³-hybridized carbons (Fsp3) is 0.500. The number of nitro groups is 1. The summed E-state index contributed by atoms with van der Waals surface area (Å²) in [6, 6.07) is 8.12. The molecule has 0 radical (unpaired) electrons. The lowest BCUT2D eigenvalue weighted by molar-refractivity contribution is -0.384. The average Bonchev–Trinajstić information content (AvgIpc) is 2.94. The second-order valence-electron chi connectivity index (χ2n) is 8.97. The summed E-state index contributed by atoms with van der Waals surface area (Å²) in [6.45, 7) is 7.54. The zero-order chi connectivity index (χ0) is 27.1. The molecule has 0 saturated carbocycles. The monoisotopic (exact) mass is 562 g/mol. The number of nitrogens with zero attached hydrogens (tertiary/aromatic N) is 7. The number of amides is 3. The molecule has 0 atom stereocenters. The number of benzene rings is 1. The molecular formula is C24H31ClN8O4S. The van der Waals surface area contributed by atoms with Crippen LogP contribution < -0.4 is 15.1 Å². The van der Waals surface area contributed by atoms with Crippen LogP contribution in [0.1, 0.15) is 13.3 Å². The Kier molecular flexibility index (Phi) is 9.45. The number of aromatic nitrogens is 2.